The zero-order valence-corrected chi connectivity index (χ0v) is 12.8. The summed E-state index contributed by atoms with van der Waals surface area (Å²) in [6.07, 6.45) is 4.70. The average molecular weight is 267 g/mol. The van der Waals surface area contributed by atoms with E-state index in [0.29, 0.717) is 6.04 Å². The molecule has 0 saturated carbocycles. The minimum absolute atomic E-state index is 0.227. The van der Waals surface area contributed by atoms with Crippen LogP contribution in [-0.4, -0.2) is 36.1 Å². The van der Waals surface area contributed by atoms with E-state index >= 15 is 0 Å². The van der Waals surface area contributed by atoms with E-state index in [2.05, 4.69) is 42.2 Å². The Labute approximate surface area is 115 Å². The van der Waals surface area contributed by atoms with Crippen LogP contribution in [0.5, 0.6) is 0 Å². The van der Waals surface area contributed by atoms with Gasteiger partial charge in [-0.1, -0.05) is 20.8 Å². The van der Waals surface area contributed by atoms with E-state index in [4.69, 9.17) is 0 Å². The predicted octanol–water partition coefficient (Wildman–Crippen LogP) is 2.62. The van der Waals surface area contributed by atoms with Crippen LogP contribution in [0.3, 0.4) is 0 Å². The van der Waals surface area contributed by atoms with Gasteiger partial charge in [0, 0.05) is 23.7 Å². The number of rotatable bonds is 4. The normalized spacial score (nSPS) is 21.7. The van der Waals surface area contributed by atoms with Crippen molar-refractivity contribution in [3.8, 4) is 0 Å². The first-order valence-electron chi connectivity index (χ1n) is 6.84. The van der Waals surface area contributed by atoms with Crippen molar-refractivity contribution in [2.75, 3.05) is 20.1 Å². The summed E-state index contributed by atoms with van der Waals surface area (Å²) in [7, 11) is 2.04. The number of hydrogen-bond acceptors (Lipinski definition) is 4. The van der Waals surface area contributed by atoms with E-state index in [1.807, 2.05) is 18.4 Å². The van der Waals surface area contributed by atoms with Gasteiger partial charge in [0.15, 0.2) is 0 Å². The van der Waals surface area contributed by atoms with Crippen molar-refractivity contribution in [2.45, 2.75) is 51.6 Å². The highest BCUT2D eigenvalue weighted by molar-refractivity contribution is 7.11. The van der Waals surface area contributed by atoms with Crippen molar-refractivity contribution in [3.63, 3.8) is 0 Å². The molecule has 18 heavy (non-hydrogen) atoms. The summed E-state index contributed by atoms with van der Waals surface area (Å²) < 4.78 is 0. The van der Waals surface area contributed by atoms with Gasteiger partial charge in [-0.15, -0.1) is 11.3 Å². The van der Waals surface area contributed by atoms with Gasteiger partial charge < -0.3 is 5.32 Å². The molecule has 0 amide bonds. The Bertz CT molecular complexity index is 381. The Morgan fingerprint density at radius 2 is 2.28 bits per heavy atom. The largest absolute Gasteiger partial charge is 0.318 e. The van der Waals surface area contributed by atoms with Crippen LogP contribution in [-0.2, 0) is 12.0 Å². The molecule has 1 fully saturated rings. The summed E-state index contributed by atoms with van der Waals surface area (Å²) >= 11 is 1.87. The van der Waals surface area contributed by atoms with Crippen molar-refractivity contribution in [1.82, 2.24) is 15.2 Å². The lowest BCUT2D eigenvalue weighted by Crippen LogP contribution is -2.36. The van der Waals surface area contributed by atoms with Gasteiger partial charge in [-0.25, -0.2) is 4.98 Å². The average Bonchev–Trinajstić information content (AvgIpc) is 2.89. The molecule has 0 aromatic carbocycles. The SMILES string of the molecule is CNCC1CCCN1Cc1ncc(C(C)(C)C)s1. The maximum atomic E-state index is 4.60. The molecule has 0 bridgehead atoms. The van der Waals surface area contributed by atoms with Gasteiger partial charge in [-0.2, -0.15) is 0 Å². The molecule has 0 spiro atoms. The fraction of sp³-hybridized carbons (Fsp3) is 0.786. The van der Waals surface area contributed by atoms with Crippen LogP contribution in [0, 0.1) is 0 Å². The van der Waals surface area contributed by atoms with E-state index in [-0.39, 0.29) is 5.41 Å². The van der Waals surface area contributed by atoms with Gasteiger partial charge in [0.05, 0.1) is 6.54 Å². The zero-order chi connectivity index (χ0) is 13.2. The molecule has 102 valence electrons. The first kappa shape index (κ1) is 14.0. The van der Waals surface area contributed by atoms with E-state index in [9.17, 15) is 0 Å². The summed E-state index contributed by atoms with van der Waals surface area (Å²) in [5.41, 5.74) is 0.227. The van der Waals surface area contributed by atoms with Crippen LogP contribution in [0.1, 0.15) is 43.5 Å². The molecule has 2 heterocycles. The number of aromatic nitrogens is 1. The third kappa shape index (κ3) is 3.31. The van der Waals surface area contributed by atoms with Crippen LogP contribution in [0.25, 0.3) is 0 Å². The van der Waals surface area contributed by atoms with Crippen LogP contribution < -0.4 is 5.32 Å². The van der Waals surface area contributed by atoms with Crippen molar-refractivity contribution in [1.29, 1.82) is 0 Å². The highest BCUT2D eigenvalue weighted by atomic mass is 32.1. The second-order valence-electron chi connectivity index (χ2n) is 6.19. The van der Waals surface area contributed by atoms with Gasteiger partial charge in [0.2, 0.25) is 0 Å². The van der Waals surface area contributed by atoms with E-state index in [1.165, 1.54) is 29.3 Å². The monoisotopic (exact) mass is 267 g/mol. The number of nitrogens with zero attached hydrogens (tertiary/aromatic N) is 2. The zero-order valence-electron chi connectivity index (χ0n) is 12.0. The minimum Gasteiger partial charge on any atom is -0.318 e. The topological polar surface area (TPSA) is 28.2 Å². The van der Waals surface area contributed by atoms with Gasteiger partial charge in [0.1, 0.15) is 5.01 Å². The number of likely N-dealkylation sites (tertiary alicyclic amines) is 1. The highest BCUT2D eigenvalue weighted by Gasteiger charge is 2.25. The second kappa shape index (κ2) is 5.68. The Morgan fingerprint density at radius 1 is 1.50 bits per heavy atom. The molecule has 1 aliphatic rings. The standard InChI is InChI=1S/C14H25N3S/c1-14(2,3)12-9-16-13(18-12)10-17-7-5-6-11(17)8-15-4/h9,11,15H,5-8,10H2,1-4H3. The third-order valence-corrected chi connectivity index (χ3v) is 4.98. The van der Waals surface area contributed by atoms with E-state index in [0.717, 1.165) is 13.1 Å². The minimum atomic E-state index is 0.227. The molecule has 0 aliphatic carbocycles. The fourth-order valence-corrected chi connectivity index (χ4v) is 3.48. The maximum Gasteiger partial charge on any atom is 0.107 e. The lowest BCUT2D eigenvalue weighted by molar-refractivity contribution is 0.242. The summed E-state index contributed by atoms with van der Waals surface area (Å²) in [4.78, 5) is 8.56. The van der Waals surface area contributed by atoms with Gasteiger partial charge >= 0.3 is 0 Å². The van der Waals surface area contributed by atoms with Gasteiger partial charge in [-0.05, 0) is 31.8 Å². The Kier molecular flexibility index (Phi) is 4.41. The number of thiazole rings is 1. The molecule has 1 aromatic rings. The molecule has 1 aromatic heterocycles. The van der Waals surface area contributed by atoms with Crippen molar-refractivity contribution >= 4 is 11.3 Å². The third-order valence-electron chi connectivity index (χ3n) is 3.57. The molecule has 1 aliphatic heterocycles. The maximum absolute atomic E-state index is 4.60. The van der Waals surface area contributed by atoms with Gasteiger partial charge in [0.25, 0.3) is 0 Å². The molecule has 3 nitrogen and oxygen atoms in total. The first-order chi connectivity index (χ1) is 8.50. The number of nitrogens with one attached hydrogen (secondary N) is 1. The molecule has 4 heteroatoms. The smallest absolute Gasteiger partial charge is 0.107 e. The number of likely N-dealkylation sites (N-methyl/N-ethyl adjacent to an activating group) is 1. The lowest BCUT2D eigenvalue weighted by atomic mass is 9.96. The second-order valence-corrected chi connectivity index (χ2v) is 7.31. The molecule has 1 saturated heterocycles. The number of hydrogen-bond donors (Lipinski definition) is 1. The molecule has 2 rings (SSSR count). The molecule has 1 atom stereocenters. The van der Waals surface area contributed by atoms with Gasteiger partial charge in [-0.3, -0.25) is 4.90 Å². The fourth-order valence-electron chi connectivity index (χ4n) is 2.47. The van der Waals surface area contributed by atoms with Crippen molar-refractivity contribution in [3.05, 3.63) is 16.1 Å². The summed E-state index contributed by atoms with van der Waals surface area (Å²) in [6, 6.07) is 0.692. The predicted molar refractivity (Wildman–Crippen MR) is 78.2 cm³/mol. The van der Waals surface area contributed by atoms with Crippen LogP contribution in [0.15, 0.2) is 6.20 Å². The van der Waals surface area contributed by atoms with E-state index < -0.39 is 0 Å². The Hall–Kier alpha value is -0.450. The van der Waals surface area contributed by atoms with Crippen molar-refractivity contribution in [2.24, 2.45) is 0 Å². The first-order valence-corrected chi connectivity index (χ1v) is 7.66. The Morgan fingerprint density at radius 3 is 2.89 bits per heavy atom. The summed E-state index contributed by atoms with van der Waals surface area (Å²) in [6.45, 7) is 10.1. The molecular formula is C14H25N3S. The molecular weight excluding hydrogens is 242 g/mol. The quantitative estimate of drug-likeness (QED) is 0.909. The highest BCUT2D eigenvalue weighted by Crippen LogP contribution is 2.29. The van der Waals surface area contributed by atoms with Crippen molar-refractivity contribution < 1.29 is 0 Å². The summed E-state index contributed by atoms with van der Waals surface area (Å²) in [5, 5.41) is 4.56. The van der Waals surface area contributed by atoms with E-state index in [1.54, 1.807) is 0 Å². The van der Waals surface area contributed by atoms with Crippen LogP contribution >= 0.6 is 11.3 Å². The summed E-state index contributed by atoms with van der Waals surface area (Å²) in [5.74, 6) is 0. The molecule has 0 radical (unpaired) electrons. The van der Waals surface area contributed by atoms with Crippen LogP contribution in [0.2, 0.25) is 0 Å². The lowest BCUT2D eigenvalue weighted by Gasteiger charge is -2.23. The van der Waals surface area contributed by atoms with Crippen LogP contribution in [0.4, 0.5) is 0 Å². The Balaban J connectivity index is 1.99. The molecule has 1 N–H and O–H groups in total. The molecule has 1 unspecified atom stereocenters.